The lowest BCUT2D eigenvalue weighted by molar-refractivity contribution is -0.137. The van der Waals surface area contributed by atoms with E-state index in [4.69, 9.17) is 0 Å². The van der Waals surface area contributed by atoms with Gasteiger partial charge in [-0.2, -0.15) is 18.3 Å². The first kappa shape index (κ1) is 16.5. The Labute approximate surface area is 136 Å². The van der Waals surface area contributed by atoms with Gasteiger partial charge in [0.1, 0.15) is 5.82 Å². The number of carbonyl (C=O) groups excluding carboxylic acids is 1. The molecular weight excluding hydrogens is 321 g/mol. The molecule has 1 atom stereocenters. The van der Waals surface area contributed by atoms with Crippen molar-refractivity contribution in [2.45, 2.75) is 19.5 Å². The third kappa shape index (κ3) is 3.43. The summed E-state index contributed by atoms with van der Waals surface area (Å²) < 4.78 is 40.0. The molecule has 0 saturated carbocycles. The summed E-state index contributed by atoms with van der Waals surface area (Å²) in [5.41, 5.74) is 0.0930. The van der Waals surface area contributed by atoms with Gasteiger partial charge in [-0.25, -0.2) is 4.68 Å². The van der Waals surface area contributed by atoms with Crippen LogP contribution in [0.25, 0.3) is 5.69 Å². The molecule has 24 heavy (non-hydrogen) atoms. The van der Waals surface area contributed by atoms with Gasteiger partial charge in [0.15, 0.2) is 0 Å². The first-order chi connectivity index (χ1) is 11.3. The quantitative estimate of drug-likeness (QED) is 0.905. The van der Waals surface area contributed by atoms with Gasteiger partial charge in [0.2, 0.25) is 5.91 Å². The maximum Gasteiger partial charge on any atom is 0.416 e. The van der Waals surface area contributed by atoms with Crippen molar-refractivity contribution in [2.75, 3.05) is 18.4 Å². The van der Waals surface area contributed by atoms with Gasteiger partial charge in [-0.3, -0.25) is 4.79 Å². The van der Waals surface area contributed by atoms with Crippen LogP contribution < -0.4 is 10.6 Å². The highest BCUT2D eigenvalue weighted by Gasteiger charge is 2.31. The van der Waals surface area contributed by atoms with Crippen LogP contribution >= 0.6 is 0 Å². The van der Waals surface area contributed by atoms with Crippen molar-refractivity contribution in [3.63, 3.8) is 0 Å². The molecule has 2 heterocycles. The van der Waals surface area contributed by atoms with Crippen LogP contribution in [0.4, 0.5) is 19.0 Å². The van der Waals surface area contributed by atoms with E-state index in [1.54, 1.807) is 13.0 Å². The van der Waals surface area contributed by atoms with Gasteiger partial charge in [0.05, 0.1) is 22.9 Å². The molecule has 1 aromatic heterocycles. The number of anilines is 1. The average molecular weight is 338 g/mol. The van der Waals surface area contributed by atoms with Crippen LogP contribution in [0.15, 0.2) is 30.3 Å². The van der Waals surface area contributed by atoms with Crippen molar-refractivity contribution in [1.82, 2.24) is 15.1 Å². The molecule has 5 nitrogen and oxygen atoms in total. The molecule has 1 aliphatic rings. The molecule has 1 aliphatic heterocycles. The van der Waals surface area contributed by atoms with Crippen LogP contribution in [-0.2, 0) is 11.0 Å². The second kappa shape index (κ2) is 6.27. The standard InChI is InChI=1S/C16H17F3N4O/c1-10-7-14(21-15(24)11-5-6-20-9-11)23(22-10)13-4-2-3-12(8-13)16(17,18)19/h2-4,7-8,11,20H,5-6,9H2,1H3,(H,21,24). The maximum absolute atomic E-state index is 12.9. The van der Waals surface area contributed by atoms with E-state index in [2.05, 4.69) is 15.7 Å². The maximum atomic E-state index is 12.9. The molecule has 3 rings (SSSR count). The molecule has 0 aliphatic carbocycles. The van der Waals surface area contributed by atoms with Gasteiger partial charge in [-0.15, -0.1) is 0 Å². The number of halogens is 3. The highest BCUT2D eigenvalue weighted by Crippen LogP contribution is 2.31. The van der Waals surface area contributed by atoms with Crippen LogP contribution in [0.2, 0.25) is 0 Å². The molecular formula is C16H17F3N4O. The summed E-state index contributed by atoms with van der Waals surface area (Å²) in [4.78, 5) is 12.3. The Hall–Kier alpha value is -2.35. The normalized spacial score (nSPS) is 17.9. The topological polar surface area (TPSA) is 59.0 Å². The minimum Gasteiger partial charge on any atom is -0.316 e. The van der Waals surface area contributed by atoms with Crippen LogP contribution in [0.3, 0.4) is 0 Å². The van der Waals surface area contributed by atoms with Gasteiger partial charge in [0, 0.05) is 12.6 Å². The lowest BCUT2D eigenvalue weighted by Gasteiger charge is -2.13. The zero-order chi connectivity index (χ0) is 17.3. The molecule has 2 N–H and O–H groups in total. The van der Waals surface area contributed by atoms with E-state index in [-0.39, 0.29) is 17.5 Å². The number of nitrogens with one attached hydrogen (secondary N) is 2. The summed E-state index contributed by atoms with van der Waals surface area (Å²) in [6.45, 7) is 3.10. The highest BCUT2D eigenvalue weighted by molar-refractivity contribution is 5.92. The van der Waals surface area contributed by atoms with Gasteiger partial charge < -0.3 is 10.6 Å². The number of rotatable bonds is 3. The number of hydrogen-bond acceptors (Lipinski definition) is 3. The first-order valence-corrected chi connectivity index (χ1v) is 7.60. The van der Waals surface area contributed by atoms with E-state index in [0.717, 1.165) is 25.1 Å². The molecule has 1 aromatic carbocycles. The molecule has 0 spiro atoms. The Bertz CT molecular complexity index is 748. The summed E-state index contributed by atoms with van der Waals surface area (Å²) in [5, 5.41) is 10.1. The number of carbonyl (C=O) groups is 1. The molecule has 1 fully saturated rings. The summed E-state index contributed by atoms with van der Waals surface area (Å²) in [7, 11) is 0. The second-order valence-corrected chi connectivity index (χ2v) is 5.81. The minimum absolute atomic E-state index is 0.143. The van der Waals surface area contributed by atoms with E-state index < -0.39 is 11.7 Å². The number of alkyl halides is 3. The van der Waals surface area contributed by atoms with Crippen LogP contribution in [-0.4, -0.2) is 28.8 Å². The lowest BCUT2D eigenvalue weighted by Crippen LogP contribution is -2.25. The predicted octanol–water partition coefficient (Wildman–Crippen LogP) is 2.75. The number of benzene rings is 1. The number of nitrogens with zero attached hydrogens (tertiary/aromatic N) is 2. The number of hydrogen-bond donors (Lipinski definition) is 2. The van der Waals surface area contributed by atoms with E-state index in [9.17, 15) is 18.0 Å². The zero-order valence-electron chi connectivity index (χ0n) is 13.0. The largest absolute Gasteiger partial charge is 0.416 e. The zero-order valence-corrected chi connectivity index (χ0v) is 13.0. The van der Waals surface area contributed by atoms with Gasteiger partial charge in [-0.05, 0) is 38.1 Å². The monoisotopic (exact) mass is 338 g/mol. The molecule has 8 heteroatoms. The van der Waals surface area contributed by atoms with Crippen molar-refractivity contribution in [1.29, 1.82) is 0 Å². The third-order valence-corrected chi connectivity index (χ3v) is 3.93. The van der Waals surface area contributed by atoms with Crippen molar-refractivity contribution in [3.8, 4) is 5.69 Å². The van der Waals surface area contributed by atoms with Gasteiger partial charge >= 0.3 is 6.18 Å². The van der Waals surface area contributed by atoms with Crippen molar-refractivity contribution in [2.24, 2.45) is 5.92 Å². The average Bonchev–Trinajstić information content (AvgIpc) is 3.16. The molecule has 1 unspecified atom stereocenters. The fraction of sp³-hybridized carbons (Fsp3) is 0.375. The highest BCUT2D eigenvalue weighted by atomic mass is 19.4. The van der Waals surface area contributed by atoms with E-state index in [1.165, 1.54) is 16.8 Å². The smallest absolute Gasteiger partial charge is 0.316 e. The van der Waals surface area contributed by atoms with E-state index in [1.807, 2.05) is 0 Å². The van der Waals surface area contributed by atoms with Gasteiger partial charge in [-0.1, -0.05) is 6.07 Å². The molecule has 128 valence electrons. The summed E-state index contributed by atoms with van der Waals surface area (Å²) in [6, 6.07) is 6.50. The van der Waals surface area contributed by atoms with Crippen LogP contribution in [0.5, 0.6) is 0 Å². The lowest BCUT2D eigenvalue weighted by atomic mass is 10.1. The second-order valence-electron chi connectivity index (χ2n) is 5.81. The summed E-state index contributed by atoms with van der Waals surface area (Å²) in [6.07, 6.45) is -3.69. The van der Waals surface area contributed by atoms with Gasteiger partial charge in [0.25, 0.3) is 0 Å². The molecule has 1 saturated heterocycles. The Balaban J connectivity index is 1.90. The molecule has 1 amide bonds. The van der Waals surface area contributed by atoms with Crippen LogP contribution in [0.1, 0.15) is 17.7 Å². The first-order valence-electron chi connectivity index (χ1n) is 7.60. The molecule has 0 bridgehead atoms. The summed E-state index contributed by atoms with van der Waals surface area (Å²) >= 11 is 0. The van der Waals surface area contributed by atoms with Crippen molar-refractivity contribution in [3.05, 3.63) is 41.6 Å². The van der Waals surface area contributed by atoms with Crippen molar-refractivity contribution >= 4 is 11.7 Å². The van der Waals surface area contributed by atoms with Crippen LogP contribution in [0, 0.1) is 12.8 Å². The predicted molar refractivity (Wildman–Crippen MR) is 82.9 cm³/mol. The van der Waals surface area contributed by atoms with E-state index >= 15 is 0 Å². The molecule has 2 aromatic rings. The Kier molecular flexibility index (Phi) is 4.31. The number of amides is 1. The molecule has 0 radical (unpaired) electrons. The Morgan fingerprint density at radius 2 is 2.17 bits per heavy atom. The number of aromatic nitrogens is 2. The van der Waals surface area contributed by atoms with Crippen molar-refractivity contribution < 1.29 is 18.0 Å². The Morgan fingerprint density at radius 3 is 2.83 bits per heavy atom. The third-order valence-electron chi connectivity index (χ3n) is 3.93. The summed E-state index contributed by atoms with van der Waals surface area (Å²) in [5.74, 6) is 0.0621. The minimum atomic E-state index is -4.43. The Morgan fingerprint density at radius 1 is 1.38 bits per heavy atom. The fourth-order valence-electron chi connectivity index (χ4n) is 2.71. The SMILES string of the molecule is Cc1cc(NC(=O)C2CCNC2)n(-c2cccc(C(F)(F)F)c2)n1. The van der Waals surface area contributed by atoms with E-state index in [0.29, 0.717) is 18.1 Å². The fourth-order valence-corrected chi connectivity index (χ4v) is 2.71. The number of aryl methyl sites for hydroxylation is 1.